The minimum absolute atomic E-state index is 0.0904. The van der Waals surface area contributed by atoms with Crippen LogP contribution in [0.1, 0.15) is 62.4 Å². The number of piperidine rings is 1. The van der Waals surface area contributed by atoms with Gasteiger partial charge in [0.05, 0.1) is 46.5 Å². The van der Waals surface area contributed by atoms with Crippen LogP contribution in [0.15, 0.2) is 72.0 Å². The second-order valence-electron chi connectivity index (χ2n) is 10.5. The van der Waals surface area contributed by atoms with Crippen molar-refractivity contribution in [1.82, 2.24) is 20.4 Å². The van der Waals surface area contributed by atoms with E-state index in [2.05, 4.69) is 31.1 Å². The molecular formula is C31H30ClF3N8O2. The molecule has 0 unspecified atom stereocenters. The molecule has 45 heavy (non-hydrogen) atoms. The van der Waals surface area contributed by atoms with Crippen LogP contribution in [0.4, 0.5) is 24.5 Å². The van der Waals surface area contributed by atoms with E-state index >= 15 is 0 Å². The maximum atomic E-state index is 13.4. The van der Waals surface area contributed by atoms with Crippen LogP contribution in [-0.2, 0) is 19.3 Å². The summed E-state index contributed by atoms with van der Waals surface area (Å²) < 4.78 is 41.4. The maximum absolute atomic E-state index is 13.4. The van der Waals surface area contributed by atoms with Gasteiger partial charge in [0.15, 0.2) is 0 Å². The molecule has 0 saturated carbocycles. The minimum Gasteiger partial charge on any atom is -0.372 e. The third kappa shape index (κ3) is 8.05. The van der Waals surface area contributed by atoms with Gasteiger partial charge in [-0.15, -0.1) is 5.10 Å². The lowest BCUT2D eigenvalue weighted by Crippen LogP contribution is -2.30. The number of nitrogens with zero attached hydrogens (tertiary/aromatic N) is 5. The molecule has 0 atom stereocenters. The highest BCUT2D eigenvalue weighted by molar-refractivity contribution is 6.31. The number of rotatable bonds is 9. The van der Waals surface area contributed by atoms with Crippen molar-refractivity contribution < 1.29 is 22.8 Å². The first-order valence-corrected chi connectivity index (χ1v) is 14.6. The first-order valence-electron chi connectivity index (χ1n) is 14.2. The van der Waals surface area contributed by atoms with E-state index < -0.39 is 28.6 Å². The van der Waals surface area contributed by atoms with Crippen molar-refractivity contribution in [1.29, 1.82) is 0 Å². The van der Waals surface area contributed by atoms with Gasteiger partial charge in [0, 0.05) is 30.9 Å². The van der Waals surface area contributed by atoms with Gasteiger partial charge in [0.25, 0.3) is 11.8 Å². The summed E-state index contributed by atoms with van der Waals surface area (Å²) in [5.74, 6) is -1.09. The zero-order chi connectivity index (χ0) is 32.0. The average molecular weight is 639 g/mol. The number of aromatic nitrogens is 3. The molecule has 4 aromatic rings. The number of hydrazone groups is 1. The number of nitrogens with one attached hydrogen (secondary N) is 2. The summed E-state index contributed by atoms with van der Waals surface area (Å²) in [5.41, 5.74) is 10.1. The predicted octanol–water partition coefficient (Wildman–Crippen LogP) is 5.46. The van der Waals surface area contributed by atoms with Crippen molar-refractivity contribution in [2.45, 2.75) is 38.5 Å². The standard InChI is InChI=1S/C31H30ClF3N8O2/c32-27-9-7-20(14-26(27)31(33,34)35)17-37-40-30(45)25-15-24(42-11-2-1-3-12-42)8-10-28(25)38-29(44)22-6-4-5-21(13-22)18-43-19-23(16-36)39-41-43/h4-10,13-15,17,19H,1-3,11-12,16,18,36H2,(H,38,44)(H,40,45)/b37-17-. The lowest BCUT2D eigenvalue weighted by molar-refractivity contribution is -0.137. The summed E-state index contributed by atoms with van der Waals surface area (Å²) in [6.07, 6.45) is 1.33. The van der Waals surface area contributed by atoms with Gasteiger partial charge in [0.2, 0.25) is 0 Å². The molecule has 1 aliphatic rings. The number of carbonyl (C=O) groups is 2. The summed E-state index contributed by atoms with van der Waals surface area (Å²) in [6.45, 7) is 2.30. The maximum Gasteiger partial charge on any atom is 0.417 e. The molecule has 3 aromatic carbocycles. The van der Waals surface area contributed by atoms with Crippen LogP contribution in [0, 0.1) is 0 Å². The number of benzene rings is 3. The first kappa shape index (κ1) is 31.7. The smallest absolute Gasteiger partial charge is 0.372 e. The number of hydrogen-bond acceptors (Lipinski definition) is 7. The van der Waals surface area contributed by atoms with E-state index in [1.807, 2.05) is 12.1 Å². The largest absolute Gasteiger partial charge is 0.417 e. The second kappa shape index (κ2) is 13.9. The van der Waals surface area contributed by atoms with E-state index in [0.29, 0.717) is 17.8 Å². The number of halogens is 4. The number of amides is 2. The monoisotopic (exact) mass is 638 g/mol. The molecule has 234 valence electrons. The first-order chi connectivity index (χ1) is 21.6. The molecule has 1 aliphatic heterocycles. The Morgan fingerprint density at radius 1 is 1.02 bits per heavy atom. The Labute approximate surface area is 262 Å². The molecular weight excluding hydrogens is 609 g/mol. The van der Waals surface area contributed by atoms with Crippen LogP contribution in [0.3, 0.4) is 0 Å². The average Bonchev–Trinajstić information content (AvgIpc) is 3.49. The Morgan fingerprint density at radius 2 is 1.82 bits per heavy atom. The van der Waals surface area contributed by atoms with Gasteiger partial charge in [-0.25, -0.2) is 10.1 Å². The van der Waals surface area contributed by atoms with Gasteiger partial charge in [-0.1, -0.05) is 35.0 Å². The van der Waals surface area contributed by atoms with Crippen LogP contribution in [-0.4, -0.2) is 46.1 Å². The second-order valence-corrected chi connectivity index (χ2v) is 10.9. The molecule has 14 heteroatoms. The number of alkyl halides is 3. The molecule has 0 aliphatic carbocycles. The number of hydrogen-bond donors (Lipinski definition) is 3. The highest BCUT2D eigenvalue weighted by atomic mass is 35.5. The van der Waals surface area contributed by atoms with Gasteiger partial charge in [-0.05, 0) is 72.9 Å². The Morgan fingerprint density at radius 3 is 2.56 bits per heavy atom. The Hall–Kier alpha value is -4.75. The number of anilines is 2. The van der Waals surface area contributed by atoms with E-state index in [1.165, 1.54) is 6.07 Å². The third-order valence-corrected chi connectivity index (χ3v) is 7.55. The molecule has 0 bridgehead atoms. The highest BCUT2D eigenvalue weighted by Gasteiger charge is 2.33. The molecule has 1 saturated heterocycles. The molecule has 5 rings (SSSR count). The number of carbonyl (C=O) groups excluding carboxylic acids is 2. The van der Waals surface area contributed by atoms with Crippen molar-refractivity contribution in [2.75, 3.05) is 23.3 Å². The lowest BCUT2D eigenvalue weighted by atomic mass is 10.1. The zero-order valence-electron chi connectivity index (χ0n) is 24.0. The van der Waals surface area contributed by atoms with Gasteiger partial charge in [-0.2, -0.15) is 18.3 Å². The van der Waals surface area contributed by atoms with Crippen molar-refractivity contribution in [3.05, 3.63) is 105 Å². The minimum atomic E-state index is -4.64. The highest BCUT2D eigenvalue weighted by Crippen LogP contribution is 2.35. The molecule has 2 amide bonds. The van der Waals surface area contributed by atoms with Gasteiger partial charge >= 0.3 is 6.18 Å². The van der Waals surface area contributed by atoms with E-state index in [0.717, 1.165) is 62.0 Å². The topological polar surface area (TPSA) is 131 Å². The van der Waals surface area contributed by atoms with Gasteiger partial charge < -0.3 is 16.0 Å². The van der Waals surface area contributed by atoms with Crippen LogP contribution in [0.5, 0.6) is 0 Å². The number of nitrogens with two attached hydrogens (primary N) is 1. The quantitative estimate of drug-likeness (QED) is 0.165. The van der Waals surface area contributed by atoms with E-state index in [1.54, 1.807) is 41.2 Å². The predicted molar refractivity (Wildman–Crippen MR) is 165 cm³/mol. The van der Waals surface area contributed by atoms with Gasteiger partial charge in [-0.3, -0.25) is 9.59 Å². The summed E-state index contributed by atoms with van der Waals surface area (Å²) >= 11 is 5.70. The summed E-state index contributed by atoms with van der Waals surface area (Å²) in [7, 11) is 0. The third-order valence-electron chi connectivity index (χ3n) is 7.22. The van der Waals surface area contributed by atoms with E-state index in [9.17, 15) is 22.8 Å². The van der Waals surface area contributed by atoms with Crippen LogP contribution in [0.2, 0.25) is 5.02 Å². The Bertz CT molecular complexity index is 1720. The molecule has 1 aromatic heterocycles. The molecule has 4 N–H and O–H groups in total. The van der Waals surface area contributed by atoms with Crippen LogP contribution < -0.4 is 21.4 Å². The van der Waals surface area contributed by atoms with Gasteiger partial charge in [0.1, 0.15) is 0 Å². The molecule has 0 spiro atoms. The van der Waals surface area contributed by atoms with E-state index in [-0.39, 0.29) is 23.4 Å². The normalized spacial score (nSPS) is 13.7. The Kier molecular flexibility index (Phi) is 9.79. The fourth-order valence-corrected chi connectivity index (χ4v) is 5.17. The van der Waals surface area contributed by atoms with Crippen molar-refractivity contribution in [2.24, 2.45) is 10.8 Å². The van der Waals surface area contributed by atoms with E-state index in [4.69, 9.17) is 17.3 Å². The lowest BCUT2D eigenvalue weighted by Gasteiger charge is -2.29. The molecule has 0 radical (unpaired) electrons. The van der Waals surface area contributed by atoms with Crippen molar-refractivity contribution in [3.63, 3.8) is 0 Å². The van der Waals surface area contributed by atoms with Crippen LogP contribution in [0.25, 0.3) is 0 Å². The Balaban J connectivity index is 1.36. The summed E-state index contributed by atoms with van der Waals surface area (Å²) in [5, 5.41) is 14.3. The fourth-order valence-electron chi connectivity index (χ4n) is 4.95. The molecule has 1 fully saturated rings. The van der Waals surface area contributed by atoms with Crippen LogP contribution >= 0.6 is 11.6 Å². The SMILES string of the molecule is NCc1cn(Cc2cccc(C(=O)Nc3ccc(N4CCCCC4)cc3C(=O)N/N=C\c3ccc(Cl)c(C(F)(F)F)c3)c2)nn1. The van der Waals surface area contributed by atoms with Crippen molar-refractivity contribution in [3.8, 4) is 0 Å². The summed E-state index contributed by atoms with van der Waals surface area (Å²) in [4.78, 5) is 28.8. The van der Waals surface area contributed by atoms with Crippen molar-refractivity contribution >= 4 is 41.0 Å². The summed E-state index contributed by atoms with van der Waals surface area (Å²) in [6, 6.07) is 15.4. The molecule has 2 heterocycles. The zero-order valence-corrected chi connectivity index (χ0v) is 24.8. The molecule has 10 nitrogen and oxygen atoms in total. The fraction of sp³-hybridized carbons (Fsp3) is 0.258.